The first-order valence-electron chi connectivity index (χ1n) is 5.76. The molecule has 0 N–H and O–H groups in total. The van der Waals surface area contributed by atoms with E-state index >= 15 is 0 Å². The molecule has 0 aliphatic rings. The maximum absolute atomic E-state index is 12.4. The lowest BCUT2D eigenvalue weighted by Gasteiger charge is -2.20. The van der Waals surface area contributed by atoms with Crippen molar-refractivity contribution >= 4 is 5.91 Å². The second-order valence-corrected chi connectivity index (χ2v) is 4.06. The van der Waals surface area contributed by atoms with Crippen LogP contribution in [-0.2, 0) is 13.6 Å². The van der Waals surface area contributed by atoms with Crippen LogP contribution in [0, 0.1) is 0 Å². The fraction of sp³-hybridized carbons (Fsp3) is 0.214. The van der Waals surface area contributed by atoms with Crippen molar-refractivity contribution in [2.75, 3.05) is 6.54 Å². The fourth-order valence-corrected chi connectivity index (χ4v) is 1.81. The molecular weight excluding hydrogens is 228 g/mol. The van der Waals surface area contributed by atoms with E-state index < -0.39 is 0 Å². The van der Waals surface area contributed by atoms with E-state index in [9.17, 15) is 4.79 Å². The lowest BCUT2D eigenvalue weighted by Crippen LogP contribution is -2.31. The first-order chi connectivity index (χ1) is 8.72. The smallest absolute Gasteiger partial charge is 0.271 e. The third-order valence-corrected chi connectivity index (χ3v) is 2.73. The zero-order chi connectivity index (χ0) is 13.0. The Labute approximate surface area is 106 Å². The lowest BCUT2D eigenvalue weighted by molar-refractivity contribution is 0.0742. The fourth-order valence-electron chi connectivity index (χ4n) is 1.81. The number of hydrogen-bond donors (Lipinski definition) is 0. The number of aromatic nitrogens is 1. The van der Waals surface area contributed by atoms with Crippen LogP contribution in [0.5, 0.6) is 0 Å². The minimum atomic E-state index is -0.0289. The Bertz CT molecular complexity index is 526. The molecule has 0 aliphatic carbocycles. The van der Waals surface area contributed by atoms with Crippen molar-refractivity contribution in [1.29, 1.82) is 0 Å². The van der Waals surface area contributed by atoms with E-state index in [-0.39, 0.29) is 5.91 Å². The van der Waals surface area contributed by atoms with Gasteiger partial charge in [-0.3, -0.25) is 4.79 Å². The largest absolute Gasteiger partial charge is 0.467 e. The van der Waals surface area contributed by atoms with Gasteiger partial charge in [0.15, 0.2) is 0 Å². The average molecular weight is 244 g/mol. The number of amides is 1. The highest BCUT2D eigenvalue weighted by Gasteiger charge is 2.17. The van der Waals surface area contributed by atoms with E-state index in [0.29, 0.717) is 18.8 Å². The molecule has 0 radical (unpaired) electrons. The van der Waals surface area contributed by atoms with Crippen LogP contribution in [0.1, 0.15) is 16.2 Å². The Morgan fingerprint density at radius 3 is 2.89 bits per heavy atom. The SMILES string of the molecule is C=CCN(Cc1ccco1)C(=O)c1cccn1C. The van der Waals surface area contributed by atoms with Gasteiger partial charge in [0.1, 0.15) is 11.5 Å². The number of rotatable bonds is 5. The molecule has 0 saturated heterocycles. The van der Waals surface area contributed by atoms with Crippen molar-refractivity contribution in [2.45, 2.75) is 6.54 Å². The zero-order valence-corrected chi connectivity index (χ0v) is 10.4. The van der Waals surface area contributed by atoms with Crippen molar-refractivity contribution in [1.82, 2.24) is 9.47 Å². The third kappa shape index (κ3) is 2.53. The number of carbonyl (C=O) groups excluding carboxylic acids is 1. The van der Waals surface area contributed by atoms with Crippen LogP contribution in [0.25, 0.3) is 0 Å². The van der Waals surface area contributed by atoms with Gasteiger partial charge in [0.2, 0.25) is 0 Å². The molecule has 2 aromatic rings. The van der Waals surface area contributed by atoms with Gasteiger partial charge in [-0.1, -0.05) is 6.08 Å². The summed E-state index contributed by atoms with van der Waals surface area (Å²) in [6, 6.07) is 7.33. The second kappa shape index (κ2) is 5.40. The summed E-state index contributed by atoms with van der Waals surface area (Å²) in [5, 5.41) is 0. The quantitative estimate of drug-likeness (QED) is 0.758. The van der Waals surface area contributed by atoms with E-state index in [0.717, 1.165) is 5.76 Å². The Morgan fingerprint density at radius 1 is 1.50 bits per heavy atom. The van der Waals surface area contributed by atoms with Crippen LogP contribution in [0.15, 0.2) is 53.8 Å². The van der Waals surface area contributed by atoms with Crippen molar-refractivity contribution in [2.24, 2.45) is 7.05 Å². The maximum atomic E-state index is 12.4. The summed E-state index contributed by atoms with van der Waals surface area (Å²) < 4.78 is 7.08. The number of carbonyl (C=O) groups is 1. The first-order valence-corrected chi connectivity index (χ1v) is 5.76. The molecule has 0 saturated carbocycles. The standard InChI is InChI=1S/C14H16N2O2/c1-3-8-16(11-12-6-5-10-18-12)14(17)13-7-4-9-15(13)2/h3-7,9-10H,1,8,11H2,2H3. The molecule has 2 rings (SSSR count). The predicted octanol–water partition coefficient (Wildman–Crippen LogP) is 2.45. The van der Waals surface area contributed by atoms with Gasteiger partial charge in [0.25, 0.3) is 5.91 Å². The van der Waals surface area contributed by atoms with Crippen LogP contribution in [0.4, 0.5) is 0 Å². The molecule has 0 aromatic carbocycles. The lowest BCUT2D eigenvalue weighted by atomic mass is 10.3. The highest BCUT2D eigenvalue weighted by molar-refractivity contribution is 5.92. The van der Waals surface area contributed by atoms with Gasteiger partial charge in [-0.15, -0.1) is 6.58 Å². The van der Waals surface area contributed by atoms with Crippen LogP contribution < -0.4 is 0 Å². The molecule has 4 nitrogen and oxygen atoms in total. The molecule has 2 heterocycles. The van der Waals surface area contributed by atoms with Crippen molar-refractivity contribution in [3.8, 4) is 0 Å². The molecule has 0 unspecified atom stereocenters. The summed E-state index contributed by atoms with van der Waals surface area (Å²) >= 11 is 0. The molecular formula is C14H16N2O2. The zero-order valence-electron chi connectivity index (χ0n) is 10.4. The summed E-state index contributed by atoms with van der Waals surface area (Å²) in [6.07, 6.45) is 5.17. The van der Waals surface area contributed by atoms with E-state index in [4.69, 9.17) is 4.42 Å². The summed E-state index contributed by atoms with van der Waals surface area (Å²) in [4.78, 5) is 14.1. The number of furan rings is 1. The highest BCUT2D eigenvalue weighted by Crippen LogP contribution is 2.10. The average Bonchev–Trinajstić information content (AvgIpc) is 2.99. The minimum Gasteiger partial charge on any atom is -0.467 e. The molecule has 0 fully saturated rings. The Hall–Kier alpha value is -2.23. The summed E-state index contributed by atoms with van der Waals surface area (Å²) in [6.45, 7) is 4.62. The van der Waals surface area contributed by atoms with E-state index in [2.05, 4.69) is 6.58 Å². The molecule has 0 aliphatic heterocycles. The molecule has 0 bridgehead atoms. The second-order valence-electron chi connectivity index (χ2n) is 4.06. The first kappa shape index (κ1) is 12.2. The predicted molar refractivity (Wildman–Crippen MR) is 69.1 cm³/mol. The van der Waals surface area contributed by atoms with Crippen molar-refractivity contribution in [3.63, 3.8) is 0 Å². The number of hydrogen-bond acceptors (Lipinski definition) is 2. The molecule has 0 spiro atoms. The Kier molecular flexibility index (Phi) is 3.67. The number of nitrogens with zero attached hydrogens (tertiary/aromatic N) is 2. The minimum absolute atomic E-state index is 0.0289. The summed E-state index contributed by atoms with van der Waals surface area (Å²) in [7, 11) is 1.85. The summed E-state index contributed by atoms with van der Waals surface area (Å²) in [5.74, 6) is 0.734. The molecule has 1 amide bonds. The van der Waals surface area contributed by atoms with E-state index in [1.807, 2.05) is 31.4 Å². The summed E-state index contributed by atoms with van der Waals surface area (Å²) in [5.41, 5.74) is 0.656. The van der Waals surface area contributed by atoms with Gasteiger partial charge in [-0.2, -0.15) is 0 Å². The van der Waals surface area contributed by atoms with Gasteiger partial charge >= 0.3 is 0 Å². The Balaban J connectivity index is 2.17. The van der Waals surface area contributed by atoms with Gasteiger partial charge in [0.05, 0.1) is 12.8 Å². The molecule has 94 valence electrons. The van der Waals surface area contributed by atoms with Crippen LogP contribution in [0.2, 0.25) is 0 Å². The molecule has 0 atom stereocenters. The van der Waals surface area contributed by atoms with Gasteiger partial charge in [0, 0.05) is 19.8 Å². The van der Waals surface area contributed by atoms with E-state index in [1.165, 1.54) is 0 Å². The number of aryl methyl sites for hydroxylation is 1. The van der Waals surface area contributed by atoms with Crippen LogP contribution in [0.3, 0.4) is 0 Å². The van der Waals surface area contributed by atoms with Crippen molar-refractivity contribution < 1.29 is 9.21 Å². The maximum Gasteiger partial charge on any atom is 0.271 e. The molecule has 4 heteroatoms. The topological polar surface area (TPSA) is 38.4 Å². The van der Waals surface area contributed by atoms with Crippen molar-refractivity contribution in [3.05, 3.63) is 60.8 Å². The third-order valence-electron chi connectivity index (χ3n) is 2.73. The van der Waals surface area contributed by atoms with Gasteiger partial charge in [-0.25, -0.2) is 0 Å². The van der Waals surface area contributed by atoms with E-state index in [1.54, 1.807) is 27.9 Å². The Morgan fingerprint density at radius 2 is 2.33 bits per heavy atom. The molecule has 18 heavy (non-hydrogen) atoms. The highest BCUT2D eigenvalue weighted by atomic mass is 16.3. The van der Waals surface area contributed by atoms with Gasteiger partial charge in [-0.05, 0) is 24.3 Å². The monoisotopic (exact) mass is 244 g/mol. The normalized spacial score (nSPS) is 10.3. The van der Waals surface area contributed by atoms with Gasteiger partial charge < -0.3 is 13.9 Å². The molecule has 2 aromatic heterocycles. The van der Waals surface area contributed by atoms with Crippen LogP contribution in [-0.4, -0.2) is 21.9 Å². The van der Waals surface area contributed by atoms with Crippen LogP contribution >= 0.6 is 0 Å².